The first-order valence-corrected chi connectivity index (χ1v) is 10.6. The van der Waals surface area contributed by atoms with E-state index in [0.29, 0.717) is 16.4 Å². The molecule has 2 heterocycles. The number of nitro groups is 1. The number of hydrogen-bond acceptors (Lipinski definition) is 8. The van der Waals surface area contributed by atoms with Gasteiger partial charge in [0, 0.05) is 30.1 Å². The zero-order chi connectivity index (χ0) is 23.0. The summed E-state index contributed by atoms with van der Waals surface area (Å²) in [6.45, 7) is 0. The van der Waals surface area contributed by atoms with Gasteiger partial charge < -0.3 is 4.98 Å². The van der Waals surface area contributed by atoms with Crippen molar-refractivity contribution in [3.8, 4) is 0 Å². The van der Waals surface area contributed by atoms with Crippen molar-refractivity contribution in [3.63, 3.8) is 0 Å². The third kappa shape index (κ3) is 5.83. The number of carbonyl (C=O) groups is 1. The van der Waals surface area contributed by atoms with Crippen LogP contribution in [0.3, 0.4) is 0 Å². The molecular weight excluding hydrogens is 444 g/mol. The number of nitrogens with zero attached hydrogens (tertiary/aromatic N) is 6. The second kappa shape index (κ2) is 10.2. The van der Waals surface area contributed by atoms with Gasteiger partial charge in [-0.25, -0.2) is 10.4 Å². The monoisotopic (exact) mass is 460 g/mol. The number of pyridine rings is 1. The maximum absolute atomic E-state index is 12.3. The molecule has 2 aromatic heterocycles. The number of rotatable bonds is 7. The first-order chi connectivity index (χ1) is 16.1. The first kappa shape index (κ1) is 21.8. The fraction of sp³-hybridized carbons (Fsp3) is 0.0476. The van der Waals surface area contributed by atoms with Gasteiger partial charge in [-0.15, -0.1) is 10.2 Å². The van der Waals surface area contributed by atoms with E-state index < -0.39 is 4.92 Å². The van der Waals surface area contributed by atoms with E-state index in [1.165, 1.54) is 42.2 Å². The van der Waals surface area contributed by atoms with Crippen LogP contribution in [0.25, 0.3) is 11.0 Å². The number of carbonyl (C=O) groups excluding carboxylic acids is 1. The predicted molar refractivity (Wildman–Crippen MR) is 123 cm³/mol. The lowest BCUT2D eigenvalue weighted by atomic mass is 10.3. The van der Waals surface area contributed by atoms with Gasteiger partial charge in [0.25, 0.3) is 11.6 Å². The number of hydrogen-bond donors (Lipinski definition) is 2. The van der Waals surface area contributed by atoms with E-state index in [0.717, 1.165) is 11.0 Å². The molecule has 164 valence electrons. The van der Waals surface area contributed by atoms with Crippen LogP contribution >= 0.6 is 11.8 Å². The Morgan fingerprint density at radius 3 is 2.67 bits per heavy atom. The molecule has 0 fully saturated rings. The summed E-state index contributed by atoms with van der Waals surface area (Å²) >= 11 is 1.25. The van der Waals surface area contributed by atoms with Crippen LogP contribution in [-0.4, -0.2) is 37.4 Å². The highest BCUT2D eigenvalue weighted by Crippen LogP contribution is 2.20. The van der Waals surface area contributed by atoms with E-state index in [-0.39, 0.29) is 23.2 Å². The number of nitrogens with one attached hydrogen (secondary N) is 2. The third-order valence-corrected chi connectivity index (χ3v) is 5.11. The number of amides is 1. The van der Waals surface area contributed by atoms with Gasteiger partial charge in [-0.05, 0) is 36.4 Å². The molecule has 11 nitrogen and oxygen atoms in total. The minimum atomic E-state index is -0.498. The second-order valence-electron chi connectivity index (χ2n) is 6.53. The van der Waals surface area contributed by atoms with Crippen LogP contribution in [0.1, 0.15) is 5.56 Å². The van der Waals surface area contributed by atoms with Gasteiger partial charge in [0.2, 0.25) is 5.84 Å². The number of imidazole rings is 1. The first-order valence-electron chi connectivity index (χ1n) is 9.59. The molecule has 0 saturated heterocycles. The largest absolute Gasteiger partial charge is 0.333 e. The summed E-state index contributed by atoms with van der Waals surface area (Å²) in [7, 11) is 0. The minimum absolute atomic E-state index is 0.0516. The lowest BCUT2D eigenvalue weighted by Crippen LogP contribution is -2.21. The van der Waals surface area contributed by atoms with E-state index in [2.05, 4.69) is 35.7 Å². The molecule has 0 spiro atoms. The van der Waals surface area contributed by atoms with Crippen LogP contribution in [0.5, 0.6) is 0 Å². The highest BCUT2D eigenvalue weighted by atomic mass is 32.2. The van der Waals surface area contributed by atoms with Crippen LogP contribution in [0.15, 0.2) is 93.5 Å². The topological polar surface area (TPSA) is 151 Å². The average molecular weight is 460 g/mol. The molecular formula is C21H16N8O3S. The predicted octanol–water partition coefficient (Wildman–Crippen LogP) is 4.22. The molecule has 0 saturated carbocycles. The quantitative estimate of drug-likeness (QED) is 0.105. The molecule has 12 heteroatoms. The van der Waals surface area contributed by atoms with E-state index in [1.807, 2.05) is 24.3 Å². The number of aromatic nitrogens is 3. The lowest BCUT2D eigenvalue weighted by molar-refractivity contribution is -0.384. The molecule has 0 unspecified atom stereocenters. The van der Waals surface area contributed by atoms with Gasteiger partial charge in [0.05, 0.1) is 27.4 Å². The summed E-state index contributed by atoms with van der Waals surface area (Å²) in [6, 6.07) is 16.6. The zero-order valence-electron chi connectivity index (χ0n) is 17.0. The van der Waals surface area contributed by atoms with Crippen molar-refractivity contribution in [1.29, 1.82) is 0 Å². The Morgan fingerprint density at radius 2 is 1.94 bits per heavy atom. The molecule has 2 N–H and O–H groups in total. The number of aromatic amines is 1. The van der Waals surface area contributed by atoms with Gasteiger partial charge >= 0.3 is 0 Å². The summed E-state index contributed by atoms with van der Waals surface area (Å²) in [5.74, 6) is -0.140. The smallest absolute Gasteiger partial charge is 0.269 e. The summed E-state index contributed by atoms with van der Waals surface area (Å²) in [4.78, 5) is 34.2. The molecule has 0 atom stereocenters. The van der Waals surface area contributed by atoms with Crippen LogP contribution in [-0.2, 0) is 4.79 Å². The Balaban J connectivity index is 1.44. The molecule has 2 aromatic carbocycles. The number of para-hydroxylation sites is 2. The molecule has 33 heavy (non-hydrogen) atoms. The molecule has 0 bridgehead atoms. The number of hydrazone groups is 1. The van der Waals surface area contributed by atoms with Crippen LogP contribution in [0.2, 0.25) is 0 Å². The van der Waals surface area contributed by atoms with Crippen molar-refractivity contribution in [2.75, 3.05) is 5.75 Å². The van der Waals surface area contributed by atoms with Crippen molar-refractivity contribution >= 4 is 45.9 Å². The summed E-state index contributed by atoms with van der Waals surface area (Å²) < 4.78 is 0. The highest BCUT2D eigenvalue weighted by Gasteiger charge is 2.09. The summed E-state index contributed by atoms with van der Waals surface area (Å²) in [6.07, 6.45) is 3.13. The van der Waals surface area contributed by atoms with E-state index >= 15 is 0 Å². The van der Waals surface area contributed by atoms with Crippen molar-refractivity contribution in [2.45, 2.75) is 5.16 Å². The zero-order valence-corrected chi connectivity index (χ0v) is 17.8. The number of thioether (sulfide) groups is 1. The summed E-state index contributed by atoms with van der Waals surface area (Å²) in [5, 5.41) is 23.6. The molecule has 0 aliphatic carbocycles. The molecule has 4 aromatic rings. The Labute approximate surface area is 191 Å². The number of non-ortho nitro benzene ring substituents is 1. The van der Waals surface area contributed by atoms with Gasteiger partial charge in [0.15, 0.2) is 5.16 Å². The van der Waals surface area contributed by atoms with Crippen LogP contribution < -0.4 is 5.43 Å². The van der Waals surface area contributed by atoms with Gasteiger partial charge in [-0.2, -0.15) is 5.10 Å². The van der Waals surface area contributed by atoms with E-state index in [1.54, 1.807) is 18.3 Å². The Kier molecular flexibility index (Phi) is 6.75. The maximum Gasteiger partial charge on any atom is 0.269 e. The normalized spacial score (nSPS) is 11.7. The number of benzene rings is 2. The fourth-order valence-corrected chi connectivity index (χ4v) is 3.34. The Morgan fingerprint density at radius 1 is 1.12 bits per heavy atom. The van der Waals surface area contributed by atoms with Crippen LogP contribution in [0, 0.1) is 10.1 Å². The van der Waals surface area contributed by atoms with Crippen LogP contribution in [0.4, 0.5) is 11.4 Å². The number of nitro benzene ring substituents is 1. The SMILES string of the molecule is O=C(CSc1nc2ccccc2[nH]1)N/N=C(\N=Nc1ccc([N+](=O)[O-])cc1)c1cccnc1. The van der Waals surface area contributed by atoms with E-state index in [9.17, 15) is 14.9 Å². The standard InChI is InChI=1S/C21H16N8O3S/c30-19(13-33-21-23-17-5-1-2-6-18(17)24-21)26-28-20(14-4-3-11-22-12-14)27-25-15-7-9-16(10-8-15)29(31)32/h1-12H,13H2,(H,23,24)(H,26,30)/b27-25?,28-20-. The van der Waals surface area contributed by atoms with Crippen molar-refractivity contribution in [2.24, 2.45) is 15.3 Å². The molecule has 4 rings (SSSR count). The highest BCUT2D eigenvalue weighted by molar-refractivity contribution is 7.99. The van der Waals surface area contributed by atoms with E-state index in [4.69, 9.17) is 0 Å². The molecule has 1 amide bonds. The van der Waals surface area contributed by atoms with Gasteiger partial charge in [-0.1, -0.05) is 23.9 Å². The lowest BCUT2D eigenvalue weighted by Gasteiger charge is -2.02. The van der Waals surface area contributed by atoms with Crippen molar-refractivity contribution in [1.82, 2.24) is 20.4 Å². The Bertz CT molecular complexity index is 1300. The van der Waals surface area contributed by atoms with Crippen molar-refractivity contribution < 1.29 is 9.72 Å². The summed E-state index contributed by atoms with van der Waals surface area (Å²) in [5.41, 5.74) is 5.05. The number of H-pyrrole nitrogens is 1. The number of azo groups is 1. The Hall–Kier alpha value is -4.45. The fourth-order valence-electron chi connectivity index (χ4n) is 2.67. The number of amidine groups is 1. The maximum atomic E-state index is 12.3. The second-order valence-corrected chi connectivity index (χ2v) is 7.50. The van der Waals surface area contributed by atoms with Gasteiger partial charge in [-0.3, -0.25) is 19.9 Å². The molecule has 0 aliphatic rings. The molecule has 0 radical (unpaired) electrons. The van der Waals surface area contributed by atoms with Crippen molar-refractivity contribution in [3.05, 3.63) is 88.7 Å². The minimum Gasteiger partial charge on any atom is -0.333 e. The van der Waals surface area contributed by atoms with Gasteiger partial charge in [0.1, 0.15) is 0 Å². The number of fused-ring (bicyclic) bond motifs is 1. The average Bonchev–Trinajstić information content (AvgIpc) is 3.27. The molecule has 0 aliphatic heterocycles. The third-order valence-electron chi connectivity index (χ3n) is 4.23.